The minimum atomic E-state index is -0.211. The Hall–Kier alpha value is -0.650. The van der Waals surface area contributed by atoms with Crippen LogP contribution < -0.4 is 0 Å². The zero-order valence-electron chi connectivity index (χ0n) is 9.45. The predicted octanol–water partition coefficient (Wildman–Crippen LogP) is 0.193. The number of carbonyl (C=O) groups is 1. The van der Waals surface area contributed by atoms with Crippen LogP contribution in [-0.4, -0.2) is 49.7 Å². The summed E-state index contributed by atoms with van der Waals surface area (Å²) in [5.74, 6) is -0.211. The van der Waals surface area contributed by atoms with Gasteiger partial charge in [0.15, 0.2) is 0 Å². The van der Waals surface area contributed by atoms with Crippen molar-refractivity contribution in [3.63, 3.8) is 0 Å². The minimum Gasteiger partial charge on any atom is -0.466 e. The fraction of sp³-hybridized carbons (Fsp3) is 0.889. The van der Waals surface area contributed by atoms with Gasteiger partial charge in [0.25, 0.3) is 0 Å². The molecule has 0 radical (unpaired) electrons. The third-order valence-electron chi connectivity index (χ3n) is 0.787. The Morgan fingerprint density at radius 2 is 1.71 bits per heavy atom. The van der Waals surface area contributed by atoms with Gasteiger partial charge in [-0.25, -0.2) is 0 Å². The smallest absolute Gasteiger partial charge is 0.302 e. The highest BCUT2D eigenvalue weighted by Gasteiger charge is 1.81. The normalized spacial score (nSPS) is 7.57. The molecule has 0 rings (SSSR count). The van der Waals surface area contributed by atoms with Gasteiger partial charge in [0.2, 0.25) is 0 Å². The summed E-state index contributed by atoms with van der Waals surface area (Å²) >= 11 is 0. The first kappa shape index (κ1) is 19.0. The lowest BCUT2D eigenvalue weighted by Crippen LogP contribution is -1.96. The van der Waals surface area contributed by atoms with Gasteiger partial charge in [-0.1, -0.05) is 0 Å². The van der Waals surface area contributed by atoms with E-state index < -0.39 is 0 Å². The van der Waals surface area contributed by atoms with E-state index in [1.54, 1.807) is 6.92 Å². The molecule has 14 heavy (non-hydrogen) atoms. The van der Waals surface area contributed by atoms with E-state index in [0.29, 0.717) is 19.8 Å². The fourth-order valence-electron chi connectivity index (χ4n) is 0.412. The fourth-order valence-corrected chi connectivity index (χ4v) is 0.412. The summed E-state index contributed by atoms with van der Waals surface area (Å²) in [5.41, 5.74) is 0. The Bertz CT molecular complexity index is 91.2. The van der Waals surface area contributed by atoms with Gasteiger partial charge >= 0.3 is 5.97 Å². The number of hydrogen-bond acceptors (Lipinski definition) is 5. The van der Waals surface area contributed by atoms with Crippen molar-refractivity contribution in [2.24, 2.45) is 0 Å². The number of ether oxygens (including phenoxy) is 2. The van der Waals surface area contributed by atoms with Gasteiger partial charge in [-0.05, 0) is 13.8 Å². The van der Waals surface area contributed by atoms with Gasteiger partial charge in [0.05, 0.1) is 19.8 Å². The molecule has 0 aromatic rings. The van der Waals surface area contributed by atoms with Crippen LogP contribution in [0.25, 0.3) is 0 Å². The van der Waals surface area contributed by atoms with Crippen LogP contribution in [0.3, 0.4) is 0 Å². The van der Waals surface area contributed by atoms with E-state index in [1.807, 2.05) is 6.92 Å². The van der Waals surface area contributed by atoms with Gasteiger partial charge in [-0.15, -0.1) is 0 Å². The average Bonchev–Trinajstić information content (AvgIpc) is 2.18. The van der Waals surface area contributed by atoms with Crippen LogP contribution in [0.2, 0.25) is 0 Å². The van der Waals surface area contributed by atoms with Gasteiger partial charge in [0.1, 0.15) is 0 Å². The number of hydrogen-bond donors (Lipinski definition) is 2. The van der Waals surface area contributed by atoms with E-state index in [0.717, 1.165) is 7.11 Å². The molecule has 2 N–H and O–H groups in total. The van der Waals surface area contributed by atoms with Crippen molar-refractivity contribution < 1.29 is 24.5 Å². The first-order chi connectivity index (χ1) is 6.68. The van der Waals surface area contributed by atoms with Gasteiger partial charge in [-0.3, -0.25) is 4.79 Å². The minimum absolute atomic E-state index is 0.133. The Morgan fingerprint density at radius 1 is 1.21 bits per heavy atom. The van der Waals surface area contributed by atoms with Crippen LogP contribution in [0.1, 0.15) is 20.8 Å². The summed E-state index contributed by atoms with van der Waals surface area (Å²) in [6.45, 7) is 6.85. The number of rotatable bonds is 4. The molecule has 0 amide bonds. The zero-order chi connectivity index (χ0) is 11.8. The van der Waals surface area contributed by atoms with Crippen LogP contribution in [-0.2, 0) is 14.3 Å². The van der Waals surface area contributed by atoms with Gasteiger partial charge in [0, 0.05) is 20.6 Å². The summed E-state index contributed by atoms with van der Waals surface area (Å²) in [6.07, 6.45) is 0. The van der Waals surface area contributed by atoms with Crippen molar-refractivity contribution in [2.45, 2.75) is 20.8 Å². The monoisotopic (exact) mass is 210 g/mol. The molecule has 0 aliphatic heterocycles. The molecule has 0 saturated carbocycles. The van der Waals surface area contributed by atoms with E-state index in [4.69, 9.17) is 14.9 Å². The first-order valence-electron chi connectivity index (χ1n) is 4.45. The Labute approximate surface area is 85.6 Å². The number of esters is 1. The second-order valence-electron chi connectivity index (χ2n) is 1.85. The predicted molar refractivity (Wildman–Crippen MR) is 54.0 cm³/mol. The quantitative estimate of drug-likeness (QED) is 0.512. The highest BCUT2D eigenvalue weighted by molar-refractivity contribution is 5.65. The van der Waals surface area contributed by atoms with Gasteiger partial charge in [-0.2, -0.15) is 0 Å². The maximum absolute atomic E-state index is 9.82. The Kier molecular flexibility index (Phi) is 31.0. The van der Waals surface area contributed by atoms with Crippen LogP contribution >= 0.6 is 0 Å². The van der Waals surface area contributed by atoms with Crippen LogP contribution in [0, 0.1) is 0 Å². The first-order valence-corrected chi connectivity index (χ1v) is 4.45. The summed E-state index contributed by atoms with van der Waals surface area (Å²) < 4.78 is 9.14. The molecule has 0 bridgehead atoms. The molecule has 0 spiro atoms. The molecule has 0 aromatic heterocycles. The molecule has 0 aromatic carbocycles. The number of carbonyl (C=O) groups excluding carboxylic acids is 1. The van der Waals surface area contributed by atoms with E-state index in [-0.39, 0.29) is 12.6 Å². The summed E-state index contributed by atoms with van der Waals surface area (Å²) in [6, 6.07) is 0. The van der Waals surface area contributed by atoms with Crippen molar-refractivity contribution in [1.82, 2.24) is 0 Å². The molecule has 0 unspecified atom stereocenters. The van der Waals surface area contributed by atoms with Crippen molar-refractivity contribution in [3.8, 4) is 0 Å². The molecular formula is C9H22O5. The van der Waals surface area contributed by atoms with E-state index >= 15 is 0 Å². The third kappa shape index (κ3) is 42.5. The molecule has 0 saturated heterocycles. The third-order valence-corrected chi connectivity index (χ3v) is 0.787. The molecular weight excluding hydrogens is 188 g/mol. The SMILES string of the molecule is CCOC(C)=O.CCOCCO.CO. The largest absolute Gasteiger partial charge is 0.466 e. The number of aliphatic hydroxyl groups is 2. The zero-order valence-corrected chi connectivity index (χ0v) is 9.45. The second kappa shape index (κ2) is 22.8. The molecule has 5 heteroatoms. The lowest BCUT2D eigenvalue weighted by atomic mass is 10.8. The highest BCUT2D eigenvalue weighted by Crippen LogP contribution is 1.69. The highest BCUT2D eigenvalue weighted by atomic mass is 16.5. The van der Waals surface area contributed by atoms with Gasteiger partial charge < -0.3 is 19.7 Å². The van der Waals surface area contributed by atoms with Crippen LogP contribution in [0.5, 0.6) is 0 Å². The molecule has 0 aliphatic rings. The second-order valence-corrected chi connectivity index (χ2v) is 1.85. The molecule has 88 valence electrons. The average molecular weight is 210 g/mol. The lowest BCUT2D eigenvalue weighted by molar-refractivity contribution is -0.140. The van der Waals surface area contributed by atoms with Crippen molar-refractivity contribution in [1.29, 1.82) is 0 Å². The molecule has 0 fully saturated rings. The molecule has 0 aliphatic carbocycles. The summed E-state index contributed by atoms with van der Waals surface area (Å²) in [7, 11) is 1.00. The van der Waals surface area contributed by atoms with Crippen molar-refractivity contribution in [3.05, 3.63) is 0 Å². The maximum Gasteiger partial charge on any atom is 0.302 e. The molecule has 0 atom stereocenters. The number of aliphatic hydroxyl groups excluding tert-OH is 2. The van der Waals surface area contributed by atoms with Crippen LogP contribution in [0.4, 0.5) is 0 Å². The van der Waals surface area contributed by atoms with E-state index in [9.17, 15) is 4.79 Å². The standard InChI is InChI=1S/C4H8O2.C4H10O2.CH4O/c1-3-6-4(2)5;1-2-6-4-3-5;1-2/h3H2,1-2H3;5H,2-4H2,1H3;2H,1H3. The lowest BCUT2D eigenvalue weighted by Gasteiger charge is -1.91. The van der Waals surface area contributed by atoms with Crippen molar-refractivity contribution >= 4 is 5.97 Å². The Balaban J connectivity index is -0.000000147. The van der Waals surface area contributed by atoms with Crippen LogP contribution in [0.15, 0.2) is 0 Å². The topological polar surface area (TPSA) is 76.0 Å². The molecule has 0 heterocycles. The van der Waals surface area contributed by atoms with E-state index in [2.05, 4.69) is 4.74 Å². The summed E-state index contributed by atoms with van der Waals surface area (Å²) in [4.78, 5) is 9.82. The maximum atomic E-state index is 9.82. The molecule has 5 nitrogen and oxygen atoms in total. The van der Waals surface area contributed by atoms with Crippen molar-refractivity contribution in [2.75, 3.05) is 33.5 Å². The van der Waals surface area contributed by atoms with E-state index in [1.165, 1.54) is 6.92 Å². The Morgan fingerprint density at radius 3 is 1.79 bits per heavy atom. The summed E-state index contributed by atoms with van der Waals surface area (Å²) in [5, 5.41) is 15.1.